The van der Waals surface area contributed by atoms with Crippen molar-refractivity contribution in [1.82, 2.24) is 4.90 Å². The third-order valence-electron chi connectivity index (χ3n) is 5.44. The molecule has 0 heterocycles. The van der Waals surface area contributed by atoms with E-state index in [0.717, 1.165) is 42.3 Å². The molecule has 0 fully saturated rings. The van der Waals surface area contributed by atoms with Crippen LogP contribution in [0.3, 0.4) is 0 Å². The lowest BCUT2D eigenvalue weighted by molar-refractivity contribution is 0.105. The monoisotopic (exact) mass is 429 g/mol. The number of methoxy groups -OCH3 is 1. The van der Waals surface area contributed by atoms with Crippen LogP contribution in [0, 0.1) is 0 Å². The van der Waals surface area contributed by atoms with Gasteiger partial charge in [-0.25, -0.2) is 0 Å². The Balaban J connectivity index is 1.83. The number of allylic oxidation sites excluding steroid dienone is 1. The Hall–Kier alpha value is -3.37. The highest BCUT2D eigenvalue weighted by Gasteiger charge is 2.15. The lowest BCUT2D eigenvalue weighted by atomic mass is 9.94. The van der Waals surface area contributed by atoms with Crippen molar-refractivity contribution in [2.24, 2.45) is 0 Å². The summed E-state index contributed by atoms with van der Waals surface area (Å²) in [6, 6.07) is 24.8. The molecule has 0 N–H and O–H groups in total. The topological polar surface area (TPSA) is 38.8 Å². The second-order valence-electron chi connectivity index (χ2n) is 7.43. The summed E-state index contributed by atoms with van der Waals surface area (Å²) in [5.41, 5.74) is 3.08. The van der Waals surface area contributed by atoms with Gasteiger partial charge in [-0.1, -0.05) is 56.3 Å². The van der Waals surface area contributed by atoms with Crippen molar-refractivity contribution in [3.63, 3.8) is 0 Å². The van der Waals surface area contributed by atoms with Crippen molar-refractivity contribution in [3.05, 3.63) is 95.6 Å². The minimum atomic E-state index is -0.0355. The van der Waals surface area contributed by atoms with Crippen LogP contribution in [0.1, 0.15) is 35.3 Å². The lowest BCUT2D eigenvalue weighted by Crippen LogP contribution is -2.27. The van der Waals surface area contributed by atoms with E-state index in [1.807, 2.05) is 60.7 Å². The maximum atomic E-state index is 13.4. The summed E-state index contributed by atoms with van der Waals surface area (Å²) < 4.78 is 11.1. The fourth-order valence-corrected chi connectivity index (χ4v) is 3.46. The molecule has 0 atom stereocenters. The first-order valence-corrected chi connectivity index (χ1v) is 11.1. The van der Waals surface area contributed by atoms with Crippen LogP contribution in [-0.4, -0.2) is 44.0 Å². The highest BCUT2D eigenvalue weighted by molar-refractivity contribution is 6.32. The van der Waals surface area contributed by atoms with Gasteiger partial charge in [0.2, 0.25) is 0 Å². The second kappa shape index (κ2) is 11.9. The summed E-state index contributed by atoms with van der Waals surface area (Å²) in [4.78, 5) is 15.7. The molecule has 0 amide bonds. The highest BCUT2D eigenvalue weighted by atomic mass is 16.5. The molecule has 0 bridgehead atoms. The quantitative estimate of drug-likeness (QED) is 0.218. The molecule has 0 saturated carbocycles. The Morgan fingerprint density at radius 2 is 1.41 bits per heavy atom. The van der Waals surface area contributed by atoms with E-state index in [-0.39, 0.29) is 5.78 Å². The zero-order valence-electron chi connectivity index (χ0n) is 19.1. The van der Waals surface area contributed by atoms with E-state index in [9.17, 15) is 4.79 Å². The van der Waals surface area contributed by atoms with Gasteiger partial charge in [0.15, 0.2) is 5.78 Å². The molecule has 0 saturated heterocycles. The predicted molar refractivity (Wildman–Crippen MR) is 131 cm³/mol. The molecule has 3 aromatic rings. The summed E-state index contributed by atoms with van der Waals surface area (Å²) >= 11 is 0. The molecule has 0 aromatic heterocycles. The van der Waals surface area contributed by atoms with E-state index in [0.29, 0.717) is 17.7 Å². The van der Waals surface area contributed by atoms with Crippen LogP contribution < -0.4 is 9.47 Å². The molecule has 0 aliphatic heterocycles. The Bertz CT molecular complexity index is 1000. The third kappa shape index (κ3) is 6.32. The van der Waals surface area contributed by atoms with Gasteiger partial charge in [0.1, 0.15) is 18.1 Å². The number of benzene rings is 3. The summed E-state index contributed by atoms with van der Waals surface area (Å²) in [5, 5.41) is 0. The van der Waals surface area contributed by atoms with Crippen LogP contribution in [-0.2, 0) is 0 Å². The Kier molecular flexibility index (Phi) is 8.64. The number of nitrogens with zero attached hydrogens (tertiary/aromatic N) is 1. The second-order valence-corrected chi connectivity index (χ2v) is 7.43. The van der Waals surface area contributed by atoms with Crippen LogP contribution in [0.4, 0.5) is 0 Å². The van der Waals surface area contributed by atoms with Crippen molar-refractivity contribution < 1.29 is 14.3 Å². The minimum Gasteiger partial charge on any atom is -0.497 e. The molecule has 0 radical (unpaired) electrons. The Labute approximate surface area is 191 Å². The Morgan fingerprint density at radius 1 is 0.812 bits per heavy atom. The zero-order valence-corrected chi connectivity index (χ0v) is 19.1. The molecule has 0 aliphatic rings. The molecule has 0 spiro atoms. The smallest absolute Gasteiger partial charge is 0.193 e. The lowest BCUT2D eigenvalue weighted by Gasteiger charge is -2.18. The highest BCUT2D eigenvalue weighted by Crippen LogP contribution is 2.26. The van der Waals surface area contributed by atoms with E-state index in [2.05, 4.69) is 18.7 Å². The molecular weight excluding hydrogens is 398 g/mol. The van der Waals surface area contributed by atoms with Gasteiger partial charge in [-0.3, -0.25) is 4.79 Å². The van der Waals surface area contributed by atoms with Crippen LogP contribution in [0.2, 0.25) is 0 Å². The molecule has 32 heavy (non-hydrogen) atoms. The maximum Gasteiger partial charge on any atom is 0.193 e. The number of ketones is 1. The van der Waals surface area contributed by atoms with E-state index >= 15 is 0 Å². The van der Waals surface area contributed by atoms with Crippen molar-refractivity contribution >= 4 is 17.4 Å². The van der Waals surface area contributed by atoms with Gasteiger partial charge in [-0.15, -0.1) is 0 Å². The van der Waals surface area contributed by atoms with Gasteiger partial charge in [-0.05, 0) is 66.7 Å². The summed E-state index contributed by atoms with van der Waals surface area (Å²) in [6.45, 7) is 7.86. The SMILES string of the molecule is CCN(CC)CCOc1ccc(/C(=C\c2ccccc2)C(=O)c2ccc(OC)cc2)cc1. The molecule has 3 rings (SSSR count). The standard InChI is InChI=1S/C28H31NO3/c1-4-29(5-2)19-20-32-26-17-11-23(12-18-26)27(21-22-9-7-6-8-10-22)28(30)24-13-15-25(31-3)16-14-24/h6-18,21H,4-5,19-20H2,1-3H3/b27-21+. The number of hydrogen-bond donors (Lipinski definition) is 0. The normalized spacial score (nSPS) is 11.4. The number of likely N-dealkylation sites (N-methyl/N-ethyl adjacent to an activating group) is 1. The first-order chi connectivity index (χ1) is 15.6. The fourth-order valence-electron chi connectivity index (χ4n) is 3.46. The number of carbonyl (C=O) groups is 1. The van der Waals surface area contributed by atoms with Gasteiger partial charge in [-0.2, -0.15) is 0 Å². The van der Waals surface area contributed by atoms with Crippen molar-refractivity contribution in [3.8, 4) is 11.5 Å². The zero-order chi connectivity index (χ0) is 22.8. The van der Waals surface area contributed by atoms with Crippen LogP contribution in [0.15, 0.2) is 78.9 Å². The van der Waals surface area contributed by atoms with Crippen molar-refractivity contribution in [1.29, 1.82) is 0 Å². The van der Waals surface area contributed by atoms with Gasteiger partial charge in [0, 0.05) is 17.7 Å². The van der Waals surface area contributed by atoms with E-state index in [1.54, 1.807) is 31.4 Å². The van der Waals surface area contributed by atoms with Crippen molar-refractivity contribution in [2.45, 2.75) is 13.8 Å². The maximum absolute atomic E-state index is 13.4. The first kappa shape index (κ1) is 23.3. The molecular formula is C28H31NO3. The van der Waals surface area contributed by atoms with E-state index < -0.39 is 0 Å². The minimum absolute atomic E-state index is 0.0355. The molecule has 4 nitrogen and oxygen atoms in total. The van der Waals surface area contributed by atoms with Gasteiger partial charge < -0.3 is 14.4 Å². The molecule has 4 heteroatoms. The average molecular weight is 430 g/mol. The number of ether oxygens (including phenoxy) is 2. The van der Waals surface area contributed by atoms with Crippen molar-refractivity contribution in [2.75, 3.05) is 33.4 Å². The number of rotatable bonds is 11. The van der Waals surface area contributed by atoms with Gasteiger partial charge >= 0.3 is 0 Å². The largest absolute Gasteiger partial charge is 0.497 e. The summed E-state index contributed by atoms with van der Waals surface area (Å²) in [5.74, 6) is 1.49. The van der Waals surface area contributed by atoms with E-state index in [1.165, 1.54) is 0 Å². The fraction of sp³-hybridized carbons (Fsp3) is 0.250. The molecule has 166 valence electrons. The molecule has 0 unspecified atom stereocenters. The molecule has 3 aromatic carbocycles. The predicted octanol–water partition coefficient (Wildman–Crippen LogP) is 5.84. The first-order valence-electron chi connectivity index (χ1n) is 11.1. The number of carbonyl (C=O) groups excluding carboxylic acids is 1. The third-order valence-corrected chi connectivity index (χ3v) is 5.44. The van der Waals surface area contributed by atoms with Crippen LogP contribution in [0.25, 0.3) is 11.6 Å². The summed E-state index contributed by atoms with van der Waals surface area (Å²) in [6.07, 6.45) is 1.93. The van der Waals surface area contributed by atoms with Crippen LogP contribution in [0.5, 0.6) is 11.5 Å². The van der Waals surface area contributed by atoms with Gasteiger partial charge in [0.25, 0.3) is 0 Å². The van der Waals surface area contributed by atoms with E-state index in [4.69, 9.17) is 9.47 Å². The average Bonchev–Trinajstić information content (AvgIpc) is 2.86. The number of Topliss-reactive ketones (excluding diaryl/α,β-unsaturated/α-hetero) is 1. The van der Waals surface area contributed by atoms with Crippen LogP contribution >= 0.6 is 0 Å². The number of hydrogen-bond acceptors (Lipinski definition) is 4. The molecule has 0 aliphatic carbocycles. The van der Waals surface area contributed by atoms with Gasteiger partial charge in [0.05, 0.1) is 7.11 Å². The summed E-state index contributed by atoms with van der Waals surface area (Å²) in [7, 11) is 1.61. The Morgan fingerprint density at radius 3 is 2.00 bits per heavy atom.